The van der Waals surface area contributed by atoms with E-state index in [1.54, 1.807) is 11.3 Å². The third-order valence-electron chi connectivity index (χ3n) is 5.49. The van der Waals surface area contributed by atoms with Gasteiger partial charge in [0.1, 0.15) is 0 Å². The predicted octanol–water partition coefficient (Wildman–Crippen LogP) is 6.82. The van der Waals surface area contributed by atoms with Crippen molar-refractivity contribution >= 4 is 56.4 Å². The summed E-state index contributed by atoms with van der Waals surface area (Å²) < 4.78 is 13.5. The highest BCUT2D eigenvalue weighted by molar-refractivity contribution is 14.1. The van der Waals surface area contributed by atoms with E-state index in [0.29, 0.717) is 12.5 Å². The van der Waals surface area contributed by atoms with Crippen LogP contribution in [-0.2, 0) is 14.9 Å². The third-order valence-corrected chi connectivity index (χ3v) is 7.40. The Morgan fingerprint density at radius 3 is 2.87 bits per heavy atom. The minimum Gasteiger partial charge on any atom is -0.353 e. The lowest BCUT2D eigenvalue weighted by molar-refractivity contribution is -0.170. The predicted molar refractivity (Wildman–Crippen MR) is 131 cm³/mol. The van der Waals surface area contributed by atoms with Crippen molar-refractivity contribution in [2.45, 2.75) is 51.2 Å². The van der Waals surface area contributed by atoms with Gasteiger partial charge in [0, 0.05) is 20.4 Å². The second-order valence-electron chi connectivity index (χ2n) is 8.27. The second kappa shape index (κ2) is 9.77. The van der Waals surface area contributed by atoms with Gasteiger partial charge in [0.2, 0.25) is 5.28 Å². The molecular formula is C23H26ClIN2O2S. The number of rotatable bonds is 7. The van der Waals surface area contributed by atoms with Gasteiger partial charge in [-0.1, -0.05) is 19.9 Å². The van der Waals surface area contributed by atoms with E-state index in [1.165, 1.54) is 4.88 Å². The summed E-state index contributed by atoms with van der Waals surface area (Å²) in [5.74, 6) is 0.439. The molecule has 0 saturated carbocycles. The Kier molecular flexibility index (Phi) is 7.30. The summed E-state index contributed by atoms with van der Waals surface area (Å²) in [6.07, 6.45) is 3.92. The van der Waals surface area contributed by atoms with Crippen molar-refractivity contribution in [2.75, 3.05) is 13.2 Å². The Morgan fingerprint density at radius 1 is 1.30 bits per heavy atom. The number of hydrogen-bond donors (Lipinski definition) is 0. The zero-order valence-electron chi connectivity index (χ0n) is 17.2. The molecule has 1 aliphatic rings. The van der Waals surface area contributed by atoms with Crippen LogP contribution in [0.2, 0.25) is 5.28 Å². The molecule has 30 heavy (non-hydrogen) atoms. The van der Waals surface area contributed by atoms with E-state index < -0.39 is 5.41 Å². The van der Waals surface area contributed by atoms with Crippen molar-refractivity contribution in [2.24, 2.45) is 5.92 Å². The highest BCUT2D eigenvalue weighted by Gasteiger charge is 2.40. The van der Waals surface area contributed by atoms with Crippen LogP contribution in [-0.4, -0.2) is 29.5 Å². The molecule has 4 rings (SSSR count). The molecule has 1 aromatic carbocycles. The molecule has 2 unspecified atom stereocenters. The molecule has 160 valence electrons. The maximum Gasteiger partial charge on any atom is 0.223 e. The van der Waals surface area contributed by atoms with Gasteiger partial charge < -0.3 is 9.47 Å². The lowest BCUT2D eigenvalue weighted by Gasteiger charge is -2.36. The third kappa shape index (κ3) is 4.83. The molecule has 0 N–H and O–H groups in total. The molecule has 0 radical (unpaired) electrons. The molecule has 4 nitrogen and oxygen atoms in total. The summed E-state index contributed by atoms with van der Waals surface area (Å²) in [5.41, 5.74) is 1.39. The standard InChI is InChI=1S/C23H26ClIN2O2S/c1-15(2)13-23(19-6-5-11-30-19,14-29-20-7-3-4-10-28-20)21-17-12-16(25)8-9-18(17)26-22(24)27-21/h5-6,8-9,11-12,15,20H,3-4,7,10,13-14H2,1-2H3. The summed E-state index contributed by atoms with van der Waals surface area (Å²) in [5, 5.41) is 3.43. The smallest absolute Gasteiger partial charge is 0.223 e. The maximum atomic E-state index is 6.43. The molecule has 2 aromatic heterocycles. The molecule has 3 aromatic rings. The number of hydrogen-bond acceptors (Lipinski definition) is 5. The van der Waals surface area contributed by atoms with Crippen LogP contribution in [0.15, 0.2) is 35.7 Å². The first-order valence-electron chi connectivity index (χ1n) is 10.4. The minimum atomic E-state index is -0.418. The van der Waals surface area contributed by atoms with Gasteiger partial charge >= 0.3 is 0 Å². The highest BCUT2D eigenvalue weighted by Crippen LogP contribution is 2.43. The zero-order chi connectivity index (χ0) is 21.1. The van der Waals surface area contributed by atoms with E-state index in [-0.39, 0.29) is 11.6 Å². The molecule has 0 spiro atoms. The highest BCUT2D eigenvalue weighted by atomic mass is 127. The summed E-state index contributed by atoms with van der Waals surface area (Å²) in [7, 11) is 0. The van der Waals surface area contributed by atoms with E-state index in [9.17, 15) is 0 Å². The molecule has 2 atom stereocenters. The Balaban J connectivity index is 1.88. The van der Waals surface area contributed by atoms with Crippen LogP contribution in [0.1, 0.15) is 50.1 Å². The summed E-state index contributed by atoms with van der Waals surface area (Å²) >= 11 is 10.5. The lowest BCUT2D eigenvalue weighted by Crippen LogP contribution is -2.38. The first-order chi connectivity index (χ1) is 14.5. The van der Waals surface area contributed by atoms with Gasteiger partial charge in [-0.25, -0.2) is 9.97 Å². The first kappa shape index (κ1) is 22.4. The van der Waals surface area contributed by atoms with E-state index in [0.717, 1.165) is 52.5 Å². The number of nitrogens with zero attached hydrogens (tertiary/aromatic N) is 2. The number of aromatic nitrogens is 2. The topological polar surface area (TPSA) is 44.2 Å². The van der Waals surface area contributed by atoms with Crippen molar-refractivity contribution in [1.82, 2.24) is 9.97 Å². The fourth-order valence-corrected chi connectivity index (χ4v) is 5.87. The second-order valence-corrected chi connectivity index (χ2v) is 10.8. The van der Waals surface area contributed by atoms with Gasteiger partial charge in [-0.2, -0.15) is 0 Å². The van der Waals surface area contributed by atoms with E-state index in [1.807, 2.05) is 6.07 Å². The van der Waals surface area contributed by atoms with E-state index in [2.05, 4.69) is 71.1 Å². The van der Waals surface area contributed by atoms with E-state index in [4.69, 9.17) is 26.1 Å². The Morgan fingerprint density at radius 2 is 2.17 bits per heavy atom. The molecule has 0 amide bonds. The Bertz CT molecular complexity index is 992. The van der Waals surface area contributed by atoms with Gasteiger partial charge in [0.25, 0.3) is 0 Å². The first-order valence-corrected chi connectivity index (χ1v) is 12.7. The number of benzene rings is 1. The molecular weight excluding hydrogens is 531 g/mol. The largest absolute Gasteiger partial charge is 0.353 e. The van der Waals surface area contributed by atoms with Gasteiger partial charge in [0.05, 0.1) is 23.2 Å². The number of ether oxygens (including phenoxy) is 2. The van der Waals surface area contributed by atoms with Crippen LogP contribution in [0.25, 0.3) is 10.9 Å². The minimum absolute atomic E-state index is 0.158. The summed E-state index contributed by atoms with van der Waals surface area (Å²) in [6, 6.07) is 10.5. The van der Waals surface area contributed by atoms with Crippen molar-refractivity contribution in [1.29, 1.82) is 0 Å². The van der Waals surface area contributed by atoms with Gasteiger partial charge in [-0.3, -0.25) is 0 Å². The molecule has 1 saturated heterocycles. The van der Waals surface area contributed by atoms with Crippen molar-refractivity contribution in [3.8, 4) is 0 Å². The van der Waals surface area contributed by atoms with Crippen LogP contribution >= 0.6 is 45.5 Å². The monoisotopic (exact) mass is 556 g/mol. The van der Waals surface area contributed by atoms with Gasteiger partial charge in [-0.05, 0) is 95.4 Å². The normalized spacial score (nSPS) is 19.3. The zero-order valence-corrected chi connectivity index (χ0v) is 21.0. The van der Waals surface area contributed by atoms with Crippen molar-refractivity contribution in [3.05, 3.63) is 55.1 Å². The van der Waals surface area contributed by atoms with Crippen LogP contribution in [0, 0.1) is 9.49 Å². The van der Waals surface area contributed by atoms with Crippen LogP contribution in [0.4, 0.5) is 0 Å². The molecule has 0 aliphatic carbocycles. The lowest BCUT2D eigenvalue weighted by atomic mass is 9.75. The summed E-state index contributed by atoms with van der Waals surface area (Å²) in [4.78, 5) is 10.6. The molecule has 3 heterocycles. The fraction of sp³-hybridized carbons (Fsp3) is 0.478. The fourth-order valence-electron chi connectivity index (χ4n) is 4.28. The molecule has 0 bridgehead atoms. The number of halogens is 2. The Labute approximate surface area is 200 Å². The number of fused-ring (bicyclic) bond motifs is 1. The average Bonchev–Trinajstić information content (AvgIpc) is 3.27. The van der Waals surface area contributed by atoms with Crippen LogP contribution in [0.5, 0.6) is 0 Å². The molecule has 1 aliphatic heterocycles. The maximum absolute atomic E-state index is 6.43. The van der Waals surface area contributed by atoms with Crippen molar-refractivity contribution < 1.29 is 9.47 Å². The van der Waals surface area contributed by atoms with Crippen LogP contribution < -0.4 is 0 Å². The molecule has 1 fully saturated rings. The van der Waals surface area contributed by atoms with Gasteiger partial charge in [0.15, 0.2) is 6.29 Å². The SMILES string of the molecule is CC(C)CC(COC1CCCCO1)(c1cccs1)c1nc(Cl)nc2ccc(I)cc12. The summed E-state index contributed by atoms with van der Waals surface area (Å²) in [6.45, 7) is 5.76. The Hall–Kier alpha value is -0.800. The van der Waals surface area contributed by atoms with E-state index >= 15 is 0 Å². The van der Waals surface area contributed by atoms with Crippen LogP contribution in [0.3, 0.4) is 0 Å². The van der Waals surface area contributed by atoms with Gasteiger partial charge in [-0.15, -0.1) is 11.3 Å². The number of thiophene rings is 1. The quantitative estimate of drug-likeness (QED) is 0.236. The average molecular weight is 557 g/mol. The molecule has 7 heteroatoms. The van der Waals surface area contributed by atoms with Crippen molar-refractivity contribution in [3.63, 3.8) is 0 Å².